The smallest absolute Gasteiger partial charge is 0.360 e. The van der Waals surface area contributed by atoms with Crippen molar-refractivity contribution >= 4 is 14.3 Å². The number of carbonyl (C=O) groups is 1. The number of allylic oxidation sites excluding steroid dienone is 1. The van der Waals surface area contributed by atoms with Crippen molar-refractivity contribution in [1.29, 1.82) is 0 Å². The molecule has 1 fully saturated rings. The van der Waals surface area contributed by atoms with Crippen LogP contribution in [0.5, 0.6) is 0 Å². The summed E-state index contributed by atoms with van der Waals surface area (Å²) in [6.45, 7) is 17.3. The molecule has 0 aliphatic carbocycles. The number of aromatic nitrogens is 1. The molecule has 2 rings (SSSR count). The van der Waals surface area contributed by atoms with Gasteiger partial charge in [0.2, 0.25) is 0 Å². The highest BCUT2D eigenvalue weighted by Gasteiger charge is 2.43. The quantitative estimate of drug-likeness (QED) is 0.374. The molecule has 1 aliphatic heterocycles. The van der Waals surface area contributed by atoms with Crippen molar-refractivity contribution in [2.24, 2.45) is 0 Å². The van der Waals surface area contributed by atoms with Crippen LogP contribution in [0.1, 0.15) is 57.9 Å². The molecule has 0 aromatic carbocycles. The molecule has 0 saturated carbocycles. The van der Waals surface area contributed by atoms with Crippen molar-refractivity contribution in [2.45, 2.75) is 77.7 Å². The lowest BCUT2D eigenvalue weighted by Gasteiger charge is -2.37. The first-order valence-corrected chi connectivity index (χ1v) is 13.1. The SMILES string of the molecule is CCOC(=O)c1coc(C#C/C=C/[C@@H]2OC(C)(C)O[C@H]2CO[Si](C)(C)C(C)(C)C)n1. The van der Waals surface area contributed by atoms with Crippen molar-refractivity contribution in [2.75, 3.05) is 13.2 Å². The number of nitrogens with zero attached hydrogens (tertiary/aromatic N) is 1. The van der Waals surface area contributed by atoms with E-state index in [9.17, 15) is 4.79 Å². The summed E-state index contributed by atoms with van der Waals surface area (Å²) in [7, 11) is -1.89. The molecule has 8 heteroatoms. The lowest BCUT2D eigenvalue weighted by molar-refractivity contribution is -0.145. The summed E-state index contributed by atoms with van der Waals surface area (Å²) in [6, 6.07) is 0. The topological polar surface area (TPSA) is 80.0 Å². The van der Waals surface area contributed by atoms with E-state index in [0.29, 0.717) is 6.61 Å². The molecule has 0 amide bonds. The first kappa shape index (κ1) is 24.3. The number of carbonyl (C=O) groups excluding carboxylic acids is 1. The van der Waals surface area contributed by atoms with Gasteiger partial charge in [0.15, 0.2) is 19.8 Å². The van der Waals surface area contributed by atoms with Gasteiger partial charge < -0.3 is 23.1 Å². The number of hydrogen-bond acceptors (Lipinski definition) is 7. The Morgan fingerprint density at radius 1 is 1.33 bits per heavy atom. The zero-order valence-corrected chi connectivity index (χ0v) is 20.2. The van der Waals surface area contributed by atoms with Gasteiger partial charge in [-0.3, -0.25) is 0 Å². The minimum absolute atomic E-state index is 0.0993. The molecule has 7 nitrogen and oxygen atoms in total. The Morgan fingerprint density at radius 3 is 2.67 bits per heavy atom. The summed E-state index contributed by atoms with van der Waals surface area (Å²) in [4.78, 5) is 15.6. The lowest BCUT2D eigenvalue weighted by atomic mass is 10.2. The molecule has 1 aromatic heterocycles. The summed E-state index contributed by atoms with van der Waals surface area (Å²) in [5.41, 5.74) is 0.0993. The fourth-order valence-corrected chi connectivity index (χ4v) is 3.55. The maximum Gasteiger partial charge on any atom is 0.360 e. The van der Waals surface area contributed by atoms with Crippen LogP contribution < -0.4 is 0 Å². The molecule has 0 bridgehead atoms. The number of hydrogen-bond donors (Lipinski definition) is 0. The van der Waals surface area contributed by atoms with E-state index in [1.54, 1.807) is 13.0 Å². The molecule has 30 heavy (non-hydrogen) atoms. The molecule has 0 unspecified atom stereocenters. The van der Waals surface area contributed by atoms with Gasteiger partial charge in [-0.25, -0.2) is 4.79 Å². The fraction of sp³-hybridized carbons (Fsp3) is 0.636. The van der Waals surface area contributed by atoms with Crippen LogP contribution in [-0.4, -0.2) is 50.5 Å². The Labute approximate surface area is 180 Å². The molecule has 2 heterocycles. The van der Waals surface area contributed by atoms with E-state index in [2.05, 4.69) is 50.7 Å². The van der Waals surface area contributed by atoms with Crippen molar-refractivity contribution in [3.63, 3.8) is 0 Å². The molecule has 0 N–H and O–H groups in total. The molecule has 1 aliphatic rings. The van der Waals surface area contributed by atoms with Crippen LogP contribution in [0.25, 0.3) is 0 Å². The predicted molar refractivity (Wildman–Crippen MR) is 115 cm³/mol. The molecule has 1 saturated heterocycles. The van der Waals surface area contributed by atoms with E-state index in [-0.39, 0.29) is 35.4 Å². The van der Waals surface area contributed by atoms with Crippen molar-refractivity contribution in [3.8, 4) is 11.8 Å². The zero-order chi connectivity index (χ0) is 22.6. The third kappa shape index (κ3) is 6.54. The van der Waals surface area contributed by atoms with E-state index >= 15 is 0 Å². The van der Waals surface area contributed by atoms with Crippen LogP contribution in [-0.2, 0) is 18.6 Å². The second-order valence-electron chi connectivity index (χ2n) is 9.10. The number of esters is 1. The molecule has 0 radical (unpaired) electrons. The van der Waals surface area contributed by atoms with Crippen molar-refractivity contribution in [1.82, 2.24) is 4.98 Å². The highest BCUT2D eigenvalue weighted by molar-refractivity contribution is 6.74. The van der Waals surface area contributed by atoms with Gasteiger partial charge in [0.25, 0.3) is 5.89 Å². The van der Waals surface area contributed by atoms with E-state index < -0.39 is 20.1 Å². The van der Waals surface area contributed by atoms with Crippen LogP contribution in [0.2, 0.25) is 18.1 Å². The lowest BCUT2D eigenvalue weighted by Crippen LogP contribution is -2.43. The fourth-order valence-electron chi connectivity index (χ4n) is 2.54. The Hall–Kier alpha value is -1.92. The number of ether oxygens (including phenoxy) is 3. The van der Waals surface area contributed by atoms with Crippen LogP contribution in [0.4, 0.5) is 0 Å². The molecule has 166 valence electrons. The summed E-state index contributed by atoms with van der Waals surface area (Å²) in [6.07, 6.45) is 4.25. The maximum absolute atomic E-state index is 11.6. The van der Waals surface area contributed by atoms with Gasteiger partial charge >= 0.3 is 5.97 Å². The van der Waals surface area contributed by atoms with Gasteiger partial charge in [0.05, 0.1) is 13.2 Å². The Morgan fingerprint density at radius 2 is 2.03 bits per heavy atom. The Balaban J connectivity index is 2.01. The molecule has 0 spiro atoms. The Bertz CT molecular complexity index is 825. The third-order valence-corrected chi connectivity index (χ3v) is 9.67. The second kappa shape index (κ2) is 9.48. The summed E-state index contributed by atoms with van der Waals surface area (Å²) < 4.78 is 28.4. The normalized spacial score (nSPS) is 21.5. The van der Waals surface area contributed by atoms with E-state index in [1.165, 1.54) is 6.26 Å². The van der Waals surface area contributed by atoms with Crippen LogP contribution in [0.3, 0.4) is 0 Å². The summed E-state index contributed by atoms with van der Waals surface area (Å²) in [5, 5.41) is 0.122. The average molecular weight is 436 g/mol. The standard InChI is InChI=1S/C22H33NO6Si/c1-9-25-20(24)16-14-26-19(23-16)13-11-10-12-17-18(29-22(5,6)28-17)15-27-30(7,8)21(2,3)4/h10,12,14,17-18H,9,15H2,1-8H3/b12-10+/t17-,18-/m0/s1. The number of oxazole rings is 1. The van der Waals surface area contributed by atoms with E-state index in [4.69, 9.17) is 23.1 Å². The molecular weight excluding hydrogens is 402 g/mol. The molecule has 2 atom stereocenters. The minimum Gasteiger partial charge on any atom is -0.461 e. The van der Waals surface area contributed by atoms with Gasteiger partial charge in [-0.15, -0.1) is 0 Å². The van der Waals surface area contributed by atoms with Crippen molar-refractivity contribution in [3.05, 3.63) is 30.0 Å². The summed E-state index contributed by atoms with van der Waals surface area (Å²) >= 11 is 0. The largest absolute Gasteiger partial charge is 0.461 e. The van der Waals surface area contributed by atoms with Crippen molar-refractivity contribution < 1.29 is 27.8 Å². The van der Waals surface area contributed by atoms with Gasteiger partial charge in [0, 0.05) is 0 Å². The van der Waals surface area contributed by atoms with Gasteiger partial charge in [0.1, 0.15) is 18.5 Å². The highest BCUT2D eigenvalue weighted by atomic mass is 28.4. The first-order chi connectivity index (χ1) is 13.8. The molecular formula is C22H33NO6Si. The monoisotopic (exact) mass is 435 g/mol. The third-order valence-electron chi connectivity index (χ3n) is 5.17. The number of rotatable bonds is 6. The second-order valence-corrected chi connectivity index (χ2v) is 13.9. The predicted octanol–water partition coefficient (Wildman–Crippen LogP) is 4.30. The van der Waals surface area contributed by atoms with E-state index in [1.807, 2.05) is 19.9 Å². The van der Waals surface area contributed by atoms with E-state index in [0.717, 1.165) is 0 Å². The Kier molecular flexibility index (Phi) is 7.69. The highest BCUT2D eigenvalue weighted by Crippen LogP contribution is 2.37. The van der Waals surface area contributed by atoms with Gasteiger partial charge in [-0.2, -0.15) is 4.98 Å². The maximum atomic E-state index is 11.6. The first-order valence-electron chi connectivity index (χ1n) is 10.1. The average Bonchev–Trinajstić information content (AvgIpc) is 3.20. The van der Waals surface area contributed by atoms with Gasteiger partial charge in [-0.05, 0) is 57.0 Å². The zero-order valence-electron chi connectivity index (χ0n) is 19.2. The summed E-state index contributed by atoms with van der Waals surface area (Å²) in [5.74, 6) is 4.52. The minimum atomic E-state index is -1.89. The molecule has 1 aromatic rings. The van der Waals surface area contributed by atoms with Crippen LogP contribution in [0, 0.1) is 11.8 Å². The van der Waals surface area contributed by atoms with Crippen LogP contribution >= 0.6 is 0 Å². The van der Waals surface area contributed by atoms with Crippen LogP contribution in [0.15, 0.2) is 22.8 Å². The van der Waals surface area contributed by atoms with Gasteiger partial charge in [-0.1, -0.05) is 26.7 Å².